The summed E-state index contributed by atoms with van der Waals surface area (Å²) < 4.78 is 29.5. The fourth-order valence-electron chi connectivity index (χ4n) is 0.908. The highest BCUT2D eigenvalue weighted by Gasteiger charge is 2.04. The minimum Gasteiger partial charge on any atom is -0.207 e. The van der Waals surface area contributed by atoms with E-state index in [2.05, 4.69) is 4.37 Å². The first-order valence-electron chi connectivity index (χ1n) is 2.97. The second-order valence-corrected chi connectivity index (χ2v) is 2.93. The molecule has 1 nitrogen and oxygen atoms in total. The number of rotatable bonds is 0. The van der Waals surface area contributed by atoms with Crippen LogP contribution in [0.15, 0.2) is 18.3 Å². The zero-order valence-corrected chi connectivity index (χ0v) is 6.16. The van der Waals surface area contributed by atoms with Gasteiger partial charge in [0.05, 0.1) is 4.70 Å². The van der Waals surface area contributed by atoms with Crippen molar-refractivity contribution >= 4 is 21.6 Å². The molecule has 0 atom stereocenters. The summed E-state index contributed by atoms with van der Waals surface area (Å²) in [6.45, 7) is 0. The molecule has 1 aromatic heterocycles. The number of halogens is 2. The van der Waals surface area contributed by atoms with Gasteiger partial charge >= 0.3 is 0 Å². The maximum atomic E-state index is 12.8. The molecule has 1 heterocycles. The van der Waals surface area contributed by atoms with Gasteiger partial charge in [-0.05, 0) is 17.6 Å². The van der Waals surface area contributed by atoms with Crippen molar-refractivity contribution in [2.24, 2.45) is 0 Å². The third kappa shape index (κ3) is 0.991. The first kappa shape index (κ1) is 6.67. The van der Waals surface area contributed by atoms with Crippen LogP contribution in [0.25, 0.3) is 10.1 Å². The Kier molecular flexibility index (Phi) is 1.35. The number of hydrogen-bond donors (Lipinski definition) is 0. The Morgan fingerprint density at radius 3 is 2.91 bits per heavy atom. The van der Waals surface area contributed by atoms with Crippen molar-refractivity contribution in [2.45, 2.75) is 0 Å². The Labute approximate surface area is 65.4 Å². The normalized spacial score (nSPS) is 10.7. The van der Waals surface area contributed by atoms with Crippen molar-refractivity contribution in [1.29, 1.82) is 0 Å². The zero-order chi connectivity index (χ0) is 7.84. The van der Waals surface area contributed by atoms with E-state index in [0.717, 1.165) is 17.6 Å². The first-order valence-corrected chi connectivity index (χ1v) is 3.74. The van der Waals surface area contributed by atoms with Crippen molar-refractivity contribution in [3.05, 3.63) is 30.0 Å². The van der Waals surface area contributed by atoms with Gasteiger partial charge in [0.15, 0.2) is 0 Å². The maximum absolute atomic E-state index is 12.8. The van der Waals surface area contributed by atoms with Crippen LogP contribution in [0.1, 0.15) is 0 Å². The van der Waals surface area contributed by atoms with E-state index in [1.54, 1.807) is 0 Å². The van der Waals surface area contributed by atoms with Gasteiger partial charge in [-0.1, -0.05) is 0 Å². The molecule has 0 N–H and O–H groups in total. The second-order valence-electron chi connectivity index (χ2n) is 2.13. The van der Waals surface area contributed by atoms with Crippen molar-refractivity contribution in [1.82, 2.24) is 4.37 Å². The average molecular weight is 171 g/mol. The van der Waals surface area contributed by atoms with Gasteiger partial charge in [-0.3, -0.25) is 0 Å². The topological polar surface area (TPSA) is 12.9 Å². The molecule has 0 aliphatic rings. The van der Waals surface area contributed by atoms with Gasteiger partial charge in [-0.15, -0.1) is 0 Å². The number of aromatic nitrogens is 1. The Bertz CT molecular complexity index is 396. The molecule has 11 heavy (non-hydrogen) atoms. The van der Waals surface area contributed by atoms with Gasteiger partial charge in [0.25, 0.3) is 0 Å². The summed E-state index contributed by atoms with van der Waals surface area (Å²) in [7, 11) is 0. The largest absolute Gasteiger partial charge is 0.207 e. The summed E-state index contributed by atoms with van der Waals surface area (Å²) in [6.07, 6.45) is 1.45. The van der Waals surface area contributed by atoms with Gasteiger partial charge in [0, 0.05) is 17.6 Å². The molecule has 56 valence electrons. The SMILES string of the molecule is Fc1cc(F)c2sncc2c1. The molecule has 4 heteroatoms. The first-order chi connectivity index (χ1) is 5.27. The van der Waals surface area contributed by atoms with E-state index >= 15 is 0 Å². The lowest BCUT2D eigenvalue weighted by Crippen LogP contribution is -1.77. The van der Waals surface area contributed by atoms with Crippen LogP contribution in [0.2, 0.25) is 0 Å². The predicted molar refractivity (Wildman–Crippen MR) is 39.5 cm³/mol. The second kappa shape index (κ2) is 2.23. The molecule has 0 aliphatic carbocycles. The minimum atomic E-state index is -0.560. The molecule has 0 aliphatic heterocycles. The van der Waals surface area contributed by atoms with E-state index < -0.39 is 11.6 Å². The average Bonchev–Trinajstić information content (AvgIpc) is 2.34. The fraction of sp³-hybridized carbons (Fsp3) is 0. The van der Waals surface area contributed by atoms with E-state index in [1.165, 1.54) is 12.3 Å². The molecule has 0 radical (unpaired) electrons. The third-order valence-electron chi connectivity index (χ3n) is 1.37. The monoisotopic (exact) mass is 171 g/mol. The lowest BCUT2D eigenvalue weighted by Gasteiger charge is -1.90. The van der Waals surface area contributed by atoms with Crippen molar-refractivity contribution in [2.75, 3.05) is 0 Å². The van der Waals surface area contributed by atoms with Gasteiger partial charge in [0.2, 0.25) is 0 Å². The number of nitrogens with zero attached hydrogens (tertiary/aromatic N) is 1. The van der Waals surface area contributed by atoms with Crippen molar-refractivity contribution in [3.8, 4) is 0 Å². The number of benzene rings is 1. The third-order valence-corrected chi connectivity index (χ3v) is 2.20. The van der Waals surface area contributed by atoms with Gasteiger partial charge < -0.3 is 0 Å². The number of hydrogen-bond acceptors (Lipinski definition) is 2. The van der Waals surface area contributed by atoms with E-state index in [-0.39, 0.29) is 0 Å². The lowest BCUT2D eigenvalue weighted by molar-refractivity contribution is 0.593. The highest BCUT2D eigenvalue weighted by atomic mass is 32.1. The van der Waals surface area contributed by atoms with Crippen LogP contribution < -0.4 is 0 Å². The molecule has 0 saturated carbocycles. The van der Waals surface area contributed by atoms with Crippen molar-refractivity contribution < 1.29 is 8.78 Å². The molecule has 2 aromatic rings. The van der Waals surface area contributed by atoms with Gasteiger partial charge in [0.1, 0.15) is 11.6 Å². The van der Waals surface area contributed by atoms with E-state index in [4.69, 9.17) is 0 Å². The van der Waals surface area contributed by atoms with Crippen LogP contribution in [0.3, 0.4) is 0 Å². The predicted octanol–water partition coefficient (Wildman–Crippen LogP) is 2.57. The smallest absolute Gasteiger partial charge is 0.145 e. The summed E-state index contributed by atoms with van der Waals surface area (Å²) in [6, 6.07) is 2.13. The Hall–Kier alpha value is -1.03. The Morgan fingerprint density at radius 2 is 2.09 bits per heavy atom. The van der Waals surface area contributed by atoms with Crippen LogP contribution in [0.4, 0.5) is 8.78 Å². The van der Waals surface area contributed by atoms with Crippen LogP contribution >= 0.6 is 11.5 Å². The summed E-state index contributed by atoms with van der Waals surface area (Å²) in [5.41, 5.74) is 0. The van der Waals surface area contributed by atoms with E-state index in [0.29, 0.717) is 10.1 Å². The Balaban J connectivity index is 2.91. The molecule has 0 bridgehead atoms. The summed E-state index contributed by atoms with van der Waals surface area (Å²) in [5.74, 6) is -1.10. The quantitative estimate of drug-likeness (QED) is 0.593. The molecule has 0 fully saturated rings. The summed E-state index contributed by atoms with van der Waals surface area (Å²) >= 11 is 1.03. The molecule has 0 spiro atoms. The van der Waals surface area contributed by atoms with Crippen LogP contribution in [0, 0.1) is 11.6 Å². The highest BCUT2D eigenvalue weighted by molar-refractivity contribution is 7.13. The molecule has 1 aromatic carbocycles. The summed E-state index contributed by atoms with van der Waals surface area (Å²) in [4.78, 5) is 0. The van der Waals surface area contributed by atoms with Crippen LogP contribution in [-0.4, -0.2) is 4.37 Å². The molecule has 0 saturated heterocycles. The standard InChI is InChI=1S/C7H3F2NS/c8-5-1-4-3-10-11-7(4)6(9)2-5/h1-3H. The maximum Gasteiger partial charge on any atom is 0.145 e. The molecule has 0 unspecified atom stereocenters. The zero-order valence-electron chi connectivity index (χ0n) is 5.34. The summed E-state index contributed by atoms with van der Waals surface area (Å²) in [5, 5.41) is 0.521. The minimum absolute atomic E-state index is 0.409. The van der Waals surface area contributed by atoms with Crippen LogP contribution in [-0.2, 0) is 0 Å². The number of fused-ring (bicyclic) bond motifs is 1. The molecule has 2 rings (SSSR count). The lowest BCUT2D eigenvalue weighted by atomic mass is 10.3. The molecular formula is C7H3F2NS. The van der Waals surface area contributed by atoms with E-state index in [9.17, 15) is 8.78 Å². The van der Waals surface area contributed by atoms with Gasteiger partial charge in [-0.25, -0.2) is 8.78 Å². The fourth-order valence-corrected chi connectivity index (χ4v) is 1.54. The van der Waals surface area contributed by atoms with Gasteiger partial charge in [-0.2, -0.15) is 4.37 Å². The van der Waals surface area contributed by atoms with Crippen LogP contribution in [0.5, 0.6) is 0 Å². The highest BCUT2D eigenvalue weighted by Crippen LogP contribution is 2.22. The molecule has 0 amide bonds. The van der Waals surface area contributed by atoms with Crippen molar-refractivity contribution in [3.63, 3.8) is 0 Å². The molecular weight excluding hydrogens is 168 g/mol. The van der Waals surface area contributed by atoms with E-state index in [1.807, 2.05) is 0 Å². The Morgan fingerprint density at radius 1 is 1.27 bits per heavy atom.